The fraction of sp³-hybridized carbons (Fsp3) is 0.333. The first-order valence-corrected chi connectivity index (χ1v) is 15.7. The highest BCUT2D eigenvalue weighted by Gasteiger charge is 2.31. The summed E-state index contributed by atoms with van der Waals surface area (Å²) in [6, 6.07) is 9.70. The lowest BCUT2D eigenvalue weighted by Gasteiger charge is -2.25. The number of carbonyl (C=O) groups excluding carboxylic acids is 3. The molecule has 16 nitrogen and oxygen atoms in total. The van der Waals surface area contributed by atoms with Crippen LogP contribution in [0.15, 0.2) is 65.9 Å². The quantitative estimate of drug-likeness (QED) is 0.0389. The van der Waals surface area contributed by atoms with E-state index in [0.717, 1.165) is 21.8 Å². The molecule has 0 aliphatic rings. The second kappa shape index (κ2) is 16.8. The lowest BCUT2D eigenvalue weighted by atomic mass is 10.0. The summed E-state index contributed by atoms with van der Waals surface area (Å²) < 4.78 is 0. The van der Waals surface area contributed by atoms with E-state index in [1.165, 1.54) is 0 Å². The number of carbonyl (C=O) groups is 5. The van der Waals surface area contributed by atoms with Gasteiger partial charge in [-0.15, -0.1) is 0 Å². The summed E-state index contributed by atoms with van der Waals surface area (Å²) in [5.74, 6) is -4.81. The van der Waals surface area contributed by atoms with Gasteiger partial charge in [-0.25, -0.2) is 4.79 Å². The van der Waals surface area contributed by atoms with E-state index in [9.17, 15) is 29.1 Å². The summed E-state index contributed by atoms with van der Waals surface area (Å²) in [4.78, 5) is 74.0. The van der Waals surface area contributed by atoms with Crippen LogP contribution in [-0.2, 0) is 36.8 Å². The normalized spacial score (nSPS) is 13.6. The van der Waals surface area contributed by atoms with Gasteiger partial charge in [-0.2, -0.15) is 0 Å². The van der Waals surface area contributed by atoms with Crippen LogP contribution in [0.25, 0.3) is 21.8 Å². The zero-order valence-electron chi connectivity index (χ0n) is 26.6. The van der Waals surface area contributed by atoms with Crippen molar-refractivity contribution in [2.45, 2.75) is 62.7 Å². The molecule has 16 heteroatoms. The van der Waals surface area contributed by atoms with Gasteiger partial charge in [0.05, 0.1) is 6.04 Å². The van der Waals surface area contributed by atoms with Crippen LogP contribution < -0.4 is 33.2 Å². The summed E-state index contributed by atoms with van der Waals surface area (Å²) in [6.45, 7) is 0.139. The molecule has 260 valence electrons. The minimum absolute atomic E-state index is 0.0200. The zero-order chi connectivity index (χ0) is 35.5. The number of carboxylic acid groups (broad SMARTS) is 2. The van der Waals surface area contributed by atoms with Crippen molar-refractivity contribution in [3.05, 3.63) is 72.1 Å². The van der Waals surface area contributed by atoms with Crippen LogP contribution in [0.3, 0.4) is 0 Å². The fourth-order valence-corrected chi connectivity index (χ4v) is 5.46. The molecular weight excluding hydrogens is 634 g/mol. The van der Waals surface area contributed by atoms with E-state index >= 15 is 0 Å². The molecule has 4 unspecified atom stereocenters. The number of hydrogen-bond acceptors (Lipinski definition) is 7. The Bertz CT molecular complexity index is 1830. The topological polar surface area (TPSA) is 284 Å². The number of aliphatic carboxylic acids is 2. The lowest BCUT2D eigenvalue weighted by molar-refractivity contribution is -0.142. The maximum absolute atomic E-state index is 13.9. The molecule has 2 heterocycles. The number of amides is 3. The summed E-state index contributed by atoms with van der Waals surface area (Å²) in [5, 5.41) is 28.5. The summed E-state index contributed by atoms with van der Waals surface area (Å²) in [7, 11) is 0. The summed E-state index contributed by atoms with van der Waals surface area (Å²) in [6.07, 6.45) is 3.12. The molecule has 0 spiro atoms. The molecule has 0 saturated carbocycles. The first-order chi connectivity index (χ1) is 23.4. The lowest BCUT2D eigenvalue weighted by Crippen LogP contribution is -2.57. The standard InChI is InChI=1S/C33H41N9O7/c34-22(11-12-28(43)44)29(45)40-25(10-5-13-37-33(35)36)30(46)41-26(14-18-16-38-23-8-3-1-6-20(18)23)31(47)42-27(32(48)49)15-19-17-39-24-9-4-2-7-21(19)24/h1-4,6-9,16-17,22,25-27,38-39H,5,10-15,34H2,(H,40,45)(H,41,46)(H,42,47)(H,43,44)(H,48,49)(H4,35,36,37). The van der Waals surface area contributed by atoms with Crippen LogP contribution in [0, 0.1) is 0 Å². The number of rotatable bonds is 18. The van der Waals surface area contributed by atoms with Gasteiger partial charge in [-0.3, -0.25) is 24.2 Å². The van der Waals surface area contributed by atoms with E-state index in [1.54, 1.807) is 12.4 Å². The van der Waals surface area contributed by atoms with Gasteiger partial charge in [0.1, 0.15) is 18.1 Å². The third-order valence-electron chi connectivity index (χ3n) is 8.03. The Balaban J connectivity index is 1.58. The predicted octanol–water partition coefficient (Wildman–Crippen LogP) is 0.219. The number of para-hydroxylation sites is 2. The van der Waals surface area contributed by atoms with Gasteiger partial charge in [0.15, 0.2) is 5.96 Å². The molecule has 2 aromatic carbocycles. The van der Waals surface area contributed by atoms with Crippen LogP contribution in [0.5, 0.6) is 0 Å². The number of nitrogens with two attached hydrogens (primary N) is 3. The Morgan fingerprint density at radius 2 is 1.22 bits per heavy atom. The van der Waals surface area contributed by atoms with E-state index < -0.39 is 53.8 Å². The van der Waals surface area contributed by atoms with Gasteiger partial charge in [-0.1, -0.05) is 36.4 Å². The molecule has 0 aliphatic heterocycles. The van der Waals surface area contributed by atoms with Crippen molar-refractivity contribution in [3.63, 3.8) is 0 Å². The van der Waals surface area contributed by atoms with Crippen LogP contribution in [-0.4, -0.2) is 86.5 Å². The van der Waals surface area contributed by atoms with Crippen molar-refractivity contribution in [3.8, 4) is 0 Å². The highest BCUT2D eigenvalue weighted by molar-refractivity contribution is 5.95. The molecular formula is C33H41N9O7. The number of nitrogens with zero attached hydrogens (tertiary/aromatic N) is 1. The van der Waals surface area contributed by atoms with Crippen molar-refractivity contribution in [2.75, 3.05) is 6.54 Å². The highest BCUT2D eigenvalue weighted by Crippen LogP contribution is 2.21. The molecule has 4 aromatic rings. The minimum atomic E-state index is -1.34. The van der Waals surface area contributed by atoms with Gasteiger partial charge < -0.3 is 53.3 Å². The van der Waals surface area contributed by atoms with Crippen LogP contribution in [0.2, 0.25) is 0 Å². The number of benzene rings is 2. The predicted molar refractivity (Wildman–Crippen MR) is 182 cm³/mol. The van der Waals surface area contributed by atoms with E-state index in [0.29, 0.717) is 11.1 Å². The van der Waals surface area contributed by atoms with E-state index in [-0.39, 0.29) is 51.0 Å². The second-order valence-electron chi connectivity index (χ2n) is 11.6. The summed E-state index contributed by atoms with van der Waals surface area (Å²) >= 11 is 0. The number of guanidine groups is 1. The number of aromatic amines is 2. The summed E-state index contributed by atoms with van der Waals surface area (Å²) in [5.41, 5.74) is 19.7. The smallest absolute Gasteiger partial charge is 0.326 e. The van der Waals surface area contributed by atoms with E-state index in [4.69, 9.17) is 22.3 Å². The van der Waals surface area contributed by atoms with E-state index in [1.807, 2.05) is 48.5 Å². The molecule has 0 bridgehead atoms. The van der Waals surface area contributed by atoms with Crippen molar-refractivity contribution in [1.82, 2.24) is 25.9 Å². The Morgan fingerprint density at radius 1 is 0.714 bits per heavy atom. The van der Waals surface area contributed by atoms with Crippen molar-refractivity contribution in [1.29, 1.82) is 0 Å². The van der Waals surface area contributed by atoms with Crippen LogP contribution in [0.4, 0.5) is 0 Å². The first-order valence-electron chi connectivity index (χ1n) is 15.7. The van der Waals surface area contributed by atoms with Crippen LogP contribution in [0.1, 0.15) is 36.8 Å². The molecule has 0 saturated heterocycles. The van der Waals surface area contributed by atoms with E-state index in [2.05, 4.69) is 30.9 Å². The second-order valence-corrected chi connectivity index (χ2v) is 11.6. The molecule has 0 fully saturated rings. The maximum atomic E-state index is 13.9. The molecule has 13 N–H and O–H groups in total. The number of aromatic nitrogens is 2. The molecule has 49 heavy (non-hydrogen) atoms. The zero-order valence-corrected chi connectivity index (χ0v) is 26.6. The molecule has 2 aromatic heterocycles. The van der Waals surface area contributed by atoms with Crippen molar-refractivity contribution >= 4 is 57.4 Å². The Kier molecular flexibility index (Phi) is 12.3. The third kappa shape index (κ3) is 10.0. The largest absolute Gasteiger partial charge is 0.481 e. The first kappa shape index (κ1) is 35.9. The number of H-pyrrole nitrogens is 2. The fourth-order valence-electron chi connectivity index (χ4n) is 5.46. The Morgan fingerprint density at radius 3 is 1.78 bits per heavy atom. The number of nitrogens with one attached hydrogen (secondary N) is 5. The number of aliphatic imine (C=N–C) groups is 1. The average molecular weight is 676 g/mol. The highest BCUT2D eigenvalue weighted by atomic mass is 16.4. The van der Waals surface area contributed by atoms with Crippen LogP contribution >= 0.6 is 0 Å². The van der Waals surface area contributed by atoms with Gasteiger partial charge in [0.2, 0.25) is 17.7 Å². The molecule has 4 rings (SSSR count). The number of fused-ring (bicyclic) bond motifs is 2. The maximum Gasteiger partial charge on any atom is 0.326 e. The molecule has 3 amide bonds. The minimum Gasteiger partial charge on any atom is -0.481 e. The third-order valence-corrected chi connectivity index (χ3v) is 8.03. The van der Waals surface area contributed by atoms with Crippen molar-refractivity contribution in [2.24, 2.45) is 22.2 Å². The molecule has 0 aliphatic carbocycles. The molecule has 4 atom stereocenters. The monoisotopic (exact) mass is 675 g/mol. The SMILES string of the molecule is NC(N)=NCCCC(NC(=O)C(N)CCC(=O)O)C(=O)NC(Cc1c[nH]c2ccccc12)C(=O)NC(Cc1c[nH]c2ccccc12)C(=O)O. The van der Waals surface area contributed by atoms with Crippen molar-refractivity contribution < 1.29 is 34.2 Å². The Labute approximate surface area is 280 Å². The van der Waals surface area contributed by atoms with Gasteiger partial charge in [0.25, 0.3) is 0 Å². The Hall–Kier alpha value is -5.90. The number of hydrogen-bond donors (Lipinski definition) is 10. The van der Waals surface area contributed by atoms with Gasteiger partial charge in [0, 0.05) is 60.0 Å². The van der Waals surface area contributed by atoms with Gasteiger partial charge in [-0.05, 0) is 42.5 Å². The average Bonchev–Trinajstić information content (AvgIpc) is 3.67. The number of carboxylic acids is 2. The van der Waals surface area contributed by atoms with Gasteiger partial charge >= 0.3 is 11.9 Å². The molecule has 0 radical (unpaired) electrons.